The first kappa shape index (κ1) is 34.0. The predicted molar refractivity (Wildman–Crippen MR) is 199 cm³/mol. The van der Waals surface area contributed by atoms with Gasteiger partial charge in [0.05, 0.1) is 22.4 Å². The van der Waals surface area contributed by atoms with Crippen molar-refractivity contribution in [1.82, 2.24) is 14.5 Å². The molecule has 1 radical (unpaired) electrons. The Morgan fingerprint density at radius 3 is 2.12 bits per heavy atom. The summed E-state index contributed by atoms with van der Waals surface area (Å²) in [5, 5.41) is 2.24. The van der Waals surface area contributed by atoms with E-state index >= 15 is 0 Å². The summed E-state index contributed by atoms with van der Waals surface area (Å²) in [6.45, 7) is 13.2. The number of nitrogens with zero attached hydrogens (tertiary/aromatic N) is 3. The molecule has 0 atom stereocenters. The maximum Gasteiger partial charge on any atom is 0.120 e. The summed E-state index contributed by atoms with van der Waals surface area (Å²) >= 11 is 0. The summed E-state index contributed by atoms with van der Waals surface area (Å²) in [5.74, 6) is 1.80. The minimum absolute atomic E-state index is 0. The third kappa shape index (κ3) is 6.49. The molecule has 4 nitrogen and oxygen atoms in total. The van der Waals surface area contributed by atoms with Gasteiger partial charge >= 0.3 is 0 Å². The maximum atomic E-state index is 6.04. The van der Waals surface area contributed by atoms with Crippen molar-refractivity contribution in [2.75, 3.05) is 0 Å². The molecule has 0 aliphatic carbocycles. The van der Waals surface area contributed by atoms with Gasteiger partial charge in [0.25, 0.3) is 0 Å². The van der Waals surface area contributed by atoms with E-state index in [4.69, 9.17) is 9.40 Å². The van der Waals surface area contributed by atoms with Crippen LogP contribution in [-0.2, 0) is 20.1 Å². The number of rotatable bonds is 5. The molecule has 0 unspecified atom stereocenters. The molecule has 0 saturated heterocycles. The minimum atomic E-state index is 0. The standard InChI is InChI=1S/C25H25N2.C19H14NO.Ir/c1-17(2)20-13-10-14-21(18(3)4)24(20)27-23-16-9-8-15-22(23)26-25(27)19-11-6-5-7-12-19;1-12-10-17(20-11-13(12)2)16-8-5-7-15-14-6-3-4-9-18(14)21-19(15)16;/h5-11,13-18H,1-4H3;3-7,9-11H,1-2H3;/q2*-1;. The van der Waals surface area contributed by atoms with Crippen LogP contribution in [0, 0.1) is 26.0 Å². The van der Waals surface area contributed by atoms with Crippen molar-refractivity contribution in [3.05, 3.63) is 150 Å². The van der Waals surface area contributed by atoms with Crippen LogP contribution in [0.5, 0.6) is 0 Å². The fourth-order valence-corrected chi connectivity index (χ4v) is 6.38. The number of hydrogen-bond donors (Lipinski definition) is 0. The van der Waals surface area contributed by atoms with Gasteiger partial charge in [0.15, 0.2) is 0 Å². The molecule has 49 heavy (non-hydrogen) atoms. The average Bonchev–Trinajstić information content (AvgIpc) is 3.69. The van der Waals surface area contributed by atoms with Crippen LogP contribution in [0.3, 0.4) is 0 Å². The van der Waals surface area contributed by atoms with E-state index in [-0.39, 0.29) is 20.1 Å². The average molecular weight is 818 g/mol. The van der Waals surface area contributed by atoms with Crippen molar-refractivity contribution in [2.24, 2.45) is 0 Å². The summed E-state index contributed by atoms with van der Waals surface area (Å²) in [6.07, 6.45) is 1.90. The second-order valence-electron chi connectivity index (χ2n) is 13.0. The zero-order chi connectivity index (χ0) is 33.4. The van der Waals surface area contributed by atoms with E-state index in [1.54, 1.807) is 0 Å². The van der Waals surface area contributed by atoms with E-state index in [1.807, 2.05) is 54.7 Å². The Bertz CT molecular complexity index is 2360. The van der Waals surface area contributed by atoms with Gasteiger partial charge in [0.2, 0.25) is 0 Å². The van der Waals surface area contributed by atoms with Crippen LogP contribution >= 0.6 is 0 Å². The molecular weight excluding hydrogens is 779 g/mol. The fraction of sp³-hybridized carbons (Fsp3) is 0.182. The fourth-order valence-electron chi connectivity index (χ4n) is 6.38. The van der Waals surface area contributed by atoms with E-state index in [1.165, 1.54) is 27.9 Å². The predicted octanol–water partition coefficient (Wildman–Crippen LogP) is 11.8. The first-order chi connectivity index (χ1) is 23.3. The van der Waals surface area contributed by atoms with E-state index in [0.717, 1.165) is 55.6 Å². The number of aromatic nitrogens is 3. The summed E-state index contributed by atoms with van der Waals surface area (Å²) < 4.78 is 8.38. The number of benzene rings is 5. The minimum Gasteiger partial charge on any atom is -0.501 e. The Hall–Kier alpha value is -4.83. The summed E-state index contributed by atoms with van der Waals surface area (Å²) in [5.41, 5.74) is 13.1. The molecule has 0 amide bonds. The SMILES string of the molecule is CC(C)c1cccc(C(C)C)c1-n1c(-c2[c-]cccc2)nc2ccccc21.Cc1cnc(-c2[c-]ccc3c2oc2ccccc23)cc1C.[Ir]. The molecule has 0 spiro atoms. The molecule has 0 bridgehead atoms. The molecule has 247 valence electrons. The second-order valence-corrected chi connectivity index (χ2v) is 13.0. The molecule has 0 fully saturated rings. The van der Waals surface area contributed by atoms with Crippen LogP contribution in [0.4, 0.5) is 0 Å². The Balaban J connectivity index is 0.000000171. The molecule has 8 aromatic rings. The summed E-state index contributed by atoms with van der Waals surface area (Å²) in [7, 11) is 0. The number of hydrogen-bond acceptors (Lipinski definition) is 3. The molecular formula is C44H39IrN3O-2. The van der Waals surface area contributed by atoms with Crippen LogP contribution in [0.1, 0.15) is 61.8 Å². The summed E-state index contributed by atoms with van der Waals surface area (Å²) in [6, 6.07) is 44.0. The van der Waals surface area contributed by atoms with Crippen molar-refractivity contribution in [3.63, 3.8) is 0 Å². The largest absolute Gasteiger partial charge is 0.501 e. The monoisotopic (exact) mass is 818 g/mol. The molecule has 5 heteroatoms. The Morgan fingerprint density at radius 1 is 0.694 bits per heavy atom. The van der Waals surface area contributed by atoms with Crippen LogP contribution in [0.15, 0.2) is 120 Å². The quantitative estimate of drug-likeness (QED) is 0.163. The number of pyridine rings is 1. The van der Waals surface area contributed by atoms with E-state index < -0.39 is 0 Å². The number of furan rings is 1. The molecule has 0 N–H and O–H groups in total. The third-order valence-electron chi connectivity index (χ3n) is 9.04. The van der Waals surface area contributed by atoms with Gasteiger partial charge in [-0.3, -0.25) is 4.98 Å². The van der Waals surface area contributed by atoms with Gasteiger partial charge in [-0.1, -0.05) is 98.8 Å². The zero-order valence-electron chi connectivity index (χ0n) is 28.7. The smallest absolute Gasteiger partial charge is 0.120 e. The molecule has 0 aliphatic heterocycles. The Morgan fingerprint density at radius 2 is 1.41 bits per heavy atom. The Kier molecular flexibility index (Phi) is 9.96. The van der Waals surface area contributed by atoms with Gasteiger partial charge in [-0.15, -0.1) is 54.1 Å². The number of para-hydroxylation sites is 4. The number of aryl methyl sites for hydroxylation is 2. The molecule has 3 aromatic heterocycles. The second kappa shape index (κ2) is 14.3. The maximum absolute atomic E-state index is 6.04. The van der Waals surface area contributed by atoms with Crippen molar-refractivity contribution in [2.45, 2.75) is 53.4 Å². The van der Waals surface area contributed by atoms with E-state index in [2.05, 4.69) is 124 Å². The van der Waals surface area contributed by atoms with E-state index in [0.29, 0.717) is 11.8 Å². The van der Waals surface area contributed by atoms with Crippen LogP contribution in [0.25, 0.3) is 61.3 Å². The summed E-state index contributed by atoms with van der Waals surface area (Å²) in [4.78, 5) is 9.53. The Labute approximate surface area is 302 Å². The van der Waals surface area contributed by atoms with Gasteiger partial charge < -0.3 is 14.0 Å². The normalized spacial score (nSPS) is 11.3. The third-order valence-corrected chi connectivity index (χ3v) is 9.04. The van der Waals surface area contributed by atoms with Crippen LogP contribution in [0.2, 0.25) is 0 Å². The molecule has 0 saturated carbocycles. The first-order valence-electron chi connectivity index (χ1n) is 16.6. The van der Waals surface area contributed by atoms with Crippen molar-refractivity contribution in [3.8, 4) is 28.3 Å². The van der Waals surface area contributed by atoms with Crippen LogP contribution in [-0.4, -0.2) is 14.5 Å². The first-order valence-corrected chi connectivity index (χ1v) is 16.6. The molecule has 0 aliphatic rings. The molecule has 5 aromatic carbocycles. The van der Waals surface area contributed by atoms with Gasteiger partial charge in [-0.05, 0) is 66.3 Å². The van der Waals surface area contributed by atoms with Gasteiger partial charge in [-0.2, -0.15) is 0 Å². The molecule has 8 rings (SSSR count). The molecule has 3 heterocycles. The van der Waals surface area contributed by atoms with Gasteiger partial charge in [0, 0.05) is 37.4 Å². The van der Waals surface area contributed by atoms with Crippen molar-refractivity contribution in [1.29, 1.82) is 0 Å². The van der Waals surface area contributed by atoms with E-state index in [9.17, 15) is 0 Å². The van der Waals surface area contributed by atoms with Crippen LogP contribution < -0.4 is 0 Å². The number of fused-ring (bicyclic) bond motifs is 4. The zero-order valence-corrected chi connectivity index (χ0v) is 31.1. The number of imidazole rings is 1. The topological polar surface area (TPSA) is 43.9 Å². The van der Waals surface area contributed by atoms with Crippen molar-refractivity contribution >= 4 is 33.0 Å². The van der Waals surface area contributed by atoms with Gasteiger partial charge in [0.1, 0.15) is 5.58 Å². The van der Waals surface area contributed by atoms with Gasteiger partial charge in [-0.25, -0.2) is 0 Å². The van der Waals surface area contributed by atoms with Crippen molar-refractivity contribution < 1.29 is 24.5 Å².